The van der Waals surface area contributed by atoms with Crippen molar-refractivity contribution < 1.29 is 9.13 Å². The Balaban J connectivity index is 3.23. The van der Waals surface area contributed by atoms with Crippen LogP contribution in [-0.4, -0.2) is 7.11 Å². The summed E-state index contributed by atoms with van der Waals surface area (Å²) < 4.78 is 18.3. The Hall–Kier alpha value is -1.05. The molecule has 0 bridgehead atoms. The summed E-state index contributed by atoms with van der Waals surface area (Å²) in [6.07, 6.45) is 0.951. The van der Waals surface area contributed by atoms with Gasteiger partial charge < -0.3 is 4.74 Å². The molecule has 0 fully saturated rings. The average molecular weight is 196 g/mol. The van der Waals surface area contributed by atoms with Gasteiger partial charge in [0.1, 0.15) is 11.6 Å². The van der Waals surface area contributed by atoms with Gasteiger partial charge in [-0.25, -0.2) is 4.39 Å². The third-order valence-corrected chi connectivity index (χ3v) is 2.77. The molecule has 14 heavy (non-hydrogen) atoms. The minimum absolute atomic E-state index is 0.0482. The van der Waals surface area contributed by atoms with Gasteiger partial charge in [0.25, 0.3) is 0 Å². The Morgan fingerprint density at radius 3 is 2.50 bits per heavy atom. The Morgan fingerprint density at radius 2 is 2.00 bits per heavy atom. The third-order valence-electron chi connectivity index (χ3n) is 2.77. The molecule has 1 aromatic carbocycles. The highest BCUT2D eigenvalue weighted by Gasteiger charge is 2.22. The molecule has 0 aromatic heterocycles. The van der Waals surface area contributed by atoms with Crippen molar-refractivity contribution in [3.8, 4) is 5.75 Å². The zero-order valence-corrected chi connectivity index (χ0v) is 9.23. The smallest absolute Gasteiger partial charge is 0.123 e. The summed E-state index contributed by atoms with van der Waals surface area (Å²) in [7, 11) is 1.61. The second kappa shape index (κ2) is 3.99. The molecule has 0 aliphatic carbocycles. The van der Waals surface area contributed by atoms with E-state index in [2.05, 4.69) is 20.8 Å². The normalized spacial score (nSPS) is 11.5. The van der Waals surface area contributed by atoms with Gasteiger partial charge in [0, 0.05) is 5.56 Å². The monoisotopic (exact) mass is 196 g/mol. The first-order valence-electron chi connectivity index (χ1n) is 4.85. The average Bonchev–Trinajstić information content (AvgIpc) is 2.18. The van der Waals surface area contributed by atoms with Gasteiger partial charge in [0.2, 0.25) is 0 Å². The van der Waals surface area contributed by atoms with E-state index in [1.165, 1.54) is 6.07 Å². The fourth-order valence-corrected chi connectivity index (χ4v) is 1.40. The molecule has 0 aliphatic heterocycles. The van der Waals surface area contributed by atoms with E-state index in [1.807, 2.05) is 0 Å². The number of ether oxygens (including phenoxy) is 1. The summed E-state index contributed by atoms with van der Waals surface area (Å²) in [4.78, 5) is 0. The maximum atomic E-state index is 13.1. The molecule has 0 saturated carbocycles. The van der Waals surface area contributed by atoms with E-state index >= 15 is 0 Å². The van der Waals surface area contributed by atoms with E-state index in [1.54, 1.807) is 19.2 Å². The Morgan fingerprint density at radius 1 is 1.36 bits per heavy atom. The number of hydrogen-bond donors (Lipinski definition) is 0. The lowest BCUT2D eigenvalue weighted by atomic mass is 9.81. The first-order valence-corrected chi connectivity index (χ1v) is 4.85. The number of hydrogen-bond acceptors (Lipinski definition) is 1. The van der Waals surface area contributed by atoms with Crippen molar-refractivity contribution in [2.24, 2.45) is 0 Å². The summed E-state index contributed by atoms with van der Waals surface area (Å²) in [6, 6.07) is 4.67. The molecule has 0 heterocycles. The third kappa shape index (κ3) is 2.06. The molecule has 0 unspecified atom stereocenters. The quantitative estimate of drug-likeness (QED) is 0.718. The second-order valence-corrected chi connectivity index (χ2v) is 4.08. The van der Waals surface area contributed by atoms with Gasteiger partial charge in [0.15, 0.2) is 0 Å². The Labute approximate surface area is 84.9 Å². The first kappa shape index (κ1) is 11.0. The zero-order valence-electron chi connectivity index (χ0n) is 9.23. The molecule has 0 amide bonds. The lowest BCUT2D eigenvalue weighted by molar-refractivity contribution is 0.387. The molecule has 78 valence electrons. The molecular weight excluding hydrogens is 179 g/mol. The van der Waals surface area contributed by atoms with Gasteiger partial charge in [-0.3, -0.25) is 0 Å². The summed E-state index contributed by atoms with van der Waals surface area (Å²) in [5.74, 6) is 0.556. The zero-order chi connectivity index (χ0) is 10.8. The number of halogens is 1. The van der Waals surface area contributed by atoms with Crippen LogP contribution in [0.15, 0.2) is 18.2 Å². The van der Waals surface area contributed by atoms with Crippen molar-refractivity contribution in [3.05, 3.63) is 29.6 Å². The highest BCUT2D eigenvalue weighted by atomic mass is 19.1. The highest BCUT2D eigenvalue weighted by Crippen LogP contribution is 2.34. The number of benzene rings is 1. The van der Waals surface area contributed by atoms with Crippen molar-refractivity contribution in [3.63, 3.8) is 0 Å². The van der Waals surface area contributed by atoms with E-state index in [-0.39, 0.29) is 11.2 Å². The molecule has 1 rings (SSSR count). The van der Waals surface area contributed by atoms with Crippen molar-refractivity contribution in [1.29, 1.82) is 0 Å². The lowest BCUT2D eigenvalue weighted by Gasteiger charge is -2.25. The largest absolute Gasteiger partial charge is 0.496 e. The SMILES string of the molecule is CCC(C)(C)c1cc(F)ccc1OC. The van der Waals surface area contributed by atoms with Gasteiger partial charge in [-0.05, 0) is 30.0 Å². The second-order valence-electron chi connectivity index (χ2n) is 4.08. The van der Waals surface area contributed by atoms with Crippen LogP contribution in [0.2, 0.25) is 0 Å². The predicted molar refractivity (Wildman–Crippen MR) is 56.3 cm³/mol. The van der Waals surface area contributed by atoms with Crippen molar-refractivity contribution in [1.82, 2.24) is 0 Å². The molecule has 0 atom stereocenters. The summed E-state index contributed by atoms with van der Waals surface area (Å²) in [5.41, 5.74) is 0.885. The van der Waals surface area contributed by atoms with E-state index in [0.717, 1.165) is 17.7 Å². The predicted octanol–water partition coefficient (Wildman–Crippen LogP) is 3.52. The molecule has 0 saturated heterocycles. The lowest BCUT2D eigenvalue weighted by Crippen LogP contribution is -2.17. The summed E-state index contributed by atoms with van der Waals surface area (Å²) in [6.45, 7) is 6.26. The fraction of sp³-hybridized carbons (Fsp3) is 0.500. The van der Waals surface area contributed by atoms with E-state index in [9.17, 15) is 4.39 Å². The van der Waals surface area contributed by atoms with Crippen LogP contribution in [0.4, 0.5) is 4.39 Å². The van der Waals surface area contributed by atoms with Crippen LogP contribution in [0.5, 0.6) is 5.75 Å². The first-order chi connectivity index (χ1) is 6.51. The summed E-state index contributed by atoms with van der Waals surface area (Å²) >= 11 is 0. The number of rotatable bonds is 3. The standard InChI is InChI=1S/C12H17FO/c1-5-12(2,3)10-8-9(13)6-7-11(10)14-4/h6-8H,5H2,1-4H3. The molecule has 1 aromatic rings. The van der Waals surface area contributed by atoms with Gasteiger partial charge in [-0.2, -0.15) is 0 Å². The van der Waals surface area contributed by atoms with Crippen LogP contribution >= 0.6 is 0 Å². The van der Waals surface area contributed by atoms with Crippen LogP contribution in [0.3, 0.4) is 0 Å². The maximum Gasteiger partial charge on any atom is 0.123 e. The highest BCUT2D eigenvalue weighted by molar-refractivity contribution is 5.39. The van der Waals surface area contributed by atoms with E-state index < -0.39 is 0 Å². The molecule has 0 aliphatic rings. The van der Waals surface area contributed by atoms with Gasteiger partial charge in [0.05, 0.1) is 7.11 Å². The van der Waals surface area contributed by atoms with Gasteiger partial charge >= 0.3 is 0 Å². The van der Waals surface area contributed by atoms with Gasteiger partial charge in [-0.1, -0.05) is 20.8 Å². The molecule has 0 radical (unpaired) electrons. The minimum Gasteiger partial charge on any atom is -0.496 e. The molecule has 2 heteroatoms. The fourth-order valence-electron chi connectivity index (χ4n) is 1.40. The minimum atomic E-state index is -0.206. The number of methoxy groups -OCH3 is 1. The van der Waals surface area contributed by atoms with Crippen molar-refractivity contribution in [2.45, 2.75) is 32.6 Å². The maximum absolute atomic E-state index is 13.1. The topological polar surface area (TPSA) is 9.23 Å². The van der Waals surface area contributed by atoms with Gasteiger partial charge in [-0.15, -0.1) is 0 Å². The van der Waals surface area contributed by atoms with Crippen LogP contribution in [0, 0.1) is 5.82 Å². The molecule has 0 spiro atoms. The van der Waals surface area contributed by atoms with Crippen molar-refractivity contribution >= 4 is 0 Å². The van der Waals surface area contributed by atoms with Crippen LogP contribution in [0.1, 0.15) is 32.8 Å². The Kier molecular flexibility index (Phi) is 3.14. The molecule has 1 nitrogen and oxygen atoms in total. The van der Waals surface area contributed by atoms with Crippen LogP contribution in [-0.2, 0) is 5.41 Å². The Bertz CT molecular complexity index is 318. The summed E-state index contributed by atoms with van der Waals surface area (Å²) in [5, 5.41) is 0. The van der Waals surface area contributed by atoms with Crippen LogP contribution < -0.4 is 4.74 Å². The van der Waals surface area contributed by atoms with Crippen LogP contribution in [0.25, 0.3) is 0 Å². The molecular formula is C12H17FO. The van der Waals surface area contributed by atoms with E-state index in [4.69, 9.17) is 4.74 Å². The van der Waals surface area contributed by atoms with Crippen molar-refractivity contribution in [2.75, 3.05) is 7.11 Å². The van der Waals surface area contributed by atoms with E-state index in [0.29, 0.717) is 0 Å². The molecule has 0 N–H and O–H groups in total.